The standard InChI is InChI=1S/C18H30O3/c1-14(2)12-20-10-11-21-13-17(19)15-6-8-16(9-7-15)18(3,4)5/h6-9,14,17,19H,10-13H2,1-5H3. The topological polar surface area (TPSA) is 38.7 Å². The van der Waals surface area contributed by atoms with E-state index in [0.717, 1.165) is 12.2 Å². The first-order chi connectivity index (χ1) is 9.80. The maximum Gasteiger partial charge on any atom is 0.102 e. The summed E-state index contributed by atoms with van der Waals surface area (Å²) in [5.74, 6) is 0.539. The van der Waals surface area contributed by atoms with Crippen LogP contribution in [0.1, 0.15) is 51.8 Å². The molecule has 0 spiro atoms. The number of aliphatic hydroxyl groups is 1. The van der Waals surface area contributed by atoms with Crippen LogP contribution in [-0.2, 0) is 14.9 Å². The van der Waals surface area contributed by atoms with Crippen LogP contribution in [0.4, 0.5) is 0 Å². The van der Waals surface area contributed by atoms with E-state index in [1.54, 1.807) is 0 Å². The van der Waals surface area contributed by atoms with Crippen molar-refractivity contribution < 1.29 is 14.6 Å². The van der Waals surface area contributed by atoms with Gasteiger partial charge < -0.3 is 14.6 Å². The molecule has 0 fully saturated rings. The average molecular weight is 294 g/mol. The summed E-state index contributed by atoms with van der Waals surface area (Å²) in [7, 11) is 0. The first-order valence-corrected chi connectivity index (χ1v) is 7.74. The van der Waals surface area contributed by atoms with Gasteiger partial charge in [0, 0.05) is 6.61 Å². The van der Waals surface area contributed by atoms with Crippen molar-refractivity contribution in [2.75, 3.05) is 26.4 Å². The summed E-state index contributed by atoms with van der Waals surface area (Å²) in [5.41, 5.74) is 2.29. The van der Waals surface area contributed by atoms with Crippen molar-refractivity contribution in [3.05, 3.63) is 35.4 Å². The lowest BCUT2D eigenvalue weighted by Crippen LogP contribution is -2.14. The molecule has 1 N–H and O–H groups in total. The van der Waals surface area contributed by atoms with Crippen LogP contribution in [0.15, 0.2) is 24.3 Å². The summed E-state index contributed by atoms with van der Waals surface area (Å²) in [4.78, 5) is 0. The van der Waals surface area contributed by atoms with Crippen LogP contribution < -0.4 is 0 Å². The van der Waals surface area contributed by atoms with Crippen molar-refractivity contribution in [3.63, 3.8) is 0 Å². The van der Waals surface area contributed by atoms with Gasteiger partial charge in [-0.05, 0) is 22.5 Å². The molecule has 0 aliphatic heterocycles. The molecule has 0 aliphatic rings. The number of rotatable bonds is 8. The zero-order chi connectivity index (χ0) is 15.9. The van der Waals surface area contributed by atoms with Gasteiger partial charge in [0.25, 0.3) is 0 Å². The normalized spacial score (nSPS) is 13.7. The predicted octanol–water partition coefficient (Wildman–Crippen LogP) is 3.71. The largest absolute Gasteiger partial charge is 0.386 e. The molecule has 3 heteroatoms. The van der Waals surface area contributed by atoms with Crippen molar-refractivity contribution in [3.8, 4) is 0 Å². The SMILES string of the molecule is CC(C)COCCOCC(O)c1ccc(C(C)(C)C)cc1. The average Bonchev–Trinajstić information content (AvgIpc) is 2.41. The smallest absolute Gasteiger partial charge is 0.102 e. The van der Waals surface area contributed by atoms with Gasteiger partial charge in [0.05, 0.1) is 19.8 Å². The monoisotopic (exact) mass is 294 g/mol. The van der Waals surface area contributed by atoms with Gasteiger partial charge in [0.2, 0.25) is 0 Å². The molecule has 120 valence electrons. The molecule has 1 unspecified atom stereocenters. The molecular formula is C18H30O3. The fourth-order valence-corrected chi connectivity index (χ4v) is 1.93. The van der Waals surface area contributed by atoms with Crippen LogP contribution in [0.2, 0.25) is 0 Å². The lowest BCUT2D eigenvalue weighted by molar-refractivity contribution is -0.00122. The molecule has 3 nitrogen and oxygen atoms in total. The van der Waals surface area contributed by atoms with E-state index in [4.69, 9.17) is 9.47 Å². The van der Waals surface area contributed by atoms with Gasteiger partial charge >= 0.3 is 0 Å². The van der Waals surface area contributed by atoms with Crippen LogP contribution in [-0.4, -0.2) is 31.5 Å². The molecular weight excluding hydrogens is 264 g/mol. The summed E-state index contributed by atoms with van der Waals surface area (Å²) in [6.45, 7) is 12.9. The van der Waals surface area contributed by atoms with Gasteiger partial charge in [-0.15, -0.1) is 0 Å². The highest BCUT2D eigenvalue weighted by Gasteiger charge is 2.14. The highest BCUT2D eigenvalue weighted by Crippen LogP contribution is 2.24. The van der Waals surface area contributed by atoms with Crippen LogP contribution >= 0.6 is 0 Å². The van der Waals surface area contributed by atoms with Crippen molar-refractivity contribution >= 4 is 0 Å². The fraction of sp³-hybridized carbons (Fsp3) is 0.667. The Kier molecular flexibility index (Phi) is 7.36. The molecule has 0 aromatic heterocycles. The van der Waals surface area contributed by atoms with Gasteiger partial charge in [0.15, 0.2) is 0 Å². The molecule has 21 heavy (non-hydrogen) atoms. The minimum atomic E-state index is -0.580. The summed E-state index contributed by atoms with van der Waals surface area (Å²) in [6.07, 6.45) is -0.580. The van der Waals surface area contributed by atoms with Crippen LogP contribution in [0.3, 0.4) is 0 Å². The van der Waals surface area contributed by atoms with E-state index in [1.165, 1.54) is 5.56 Å². The predicted molar refractivity (Wildman–Crippen MR) is 86.6 cm³/mol. The Morgan fingerprint density at radius 3 is 1.95 bits per heavy atom. The minimum Gasteiger partial charge on any atom is -0.386 e. The molecule has 1 aromatic carbocycles. The maximum absolute atomic E-state index is 10.1. The number of ether oxygens (including phenoxy) is 2. The van der Waals surface area contributed by atoms with E-state index in [1.807, 2.05) is 12.1 Å². The summed E-state index contributed by atoms with van der Waals surface area (Å²) < 4.78 is 10.9. The molecule has 0 radical (unpaired) electrons. The second-order valence-corrected chi connectivity index (χ2v) is 6.93. The quantitative estimate of drug-likeness (QED) is 0.743. The Bertz CT molecular complexity index is 390. The third kappa shape index (κ3) is 7.07. The number of hydrogen-bond donors (Lipinski definition) is 1. The Hall–Kier alpha value is -0.900. The number of benzene rings is 1. The highest BCUT2D eigenvalue weighted by molar-refractivity contribution is 5.28. The second kappa shape index (κ2) is 8.52. The van der Waals surface area contributed by atoms with Crippen molar-refractivity contribution in [2.45, 2.75) is 46.1 Å². The van der Waals surface area contributed by atoms with Gasteiger partial charge in [-0.1, -0.05) is 58.9 Å². The number of hydrogen-bond acceptors (Lipinski definition) is 3. The Morgan fingerprint density at radius 1 is 0.952 bits per heavy atom. The lowest BCUT2D eigenvalue weighted by Gasteiger charge is -2.20. The Labute approximate surface area is 129 Å². The molecule has 0 heterocycles. The van der Waals surface area contributed by atoms with E-state index >= 15 is 0 Å². The summed E-state index contributed by atoms with van der Waals surface area (Å²) in [5, 5.41) is 10.1. The third-order valence-electron chi connectivity index (χ3n) is 3.26. The summed E-state index contributed by atoms with van der Waals surface area (Å²) in [6, 6.07) is 8.10. The first-order valence-electron chi connectivity index (χ1n) is 7.74. The van der Waals surface area contributed by atoms with E-state index in [0.29, 0.717) is 25.7 Å². The molecule has 0 saturated heterocycles. The minimum absolute atomic E-state index is 0.133. The molecule has 1 atom stereocenters. The molecule has 1 rings (SSSR count). The van der Waals surface area contributed by atoms with Gasteiger partial charge in [0.1, 0.15) is 6.10 Å². The van der Waals surface area contributed by atoms with Gasteiger partial charge in [-0.3, -0.25) is 0 Å². The fourth-order valence-electron chi connectivity index (χ4n) is 1.93. The maximum atomic E-state index is 10.1. The number of aliphatic hydroxyl groups excluding tert-OH is 1. The summed E-state index contributed by atoms with van der Waals surface area (Å²) >= 11 is 0. The molecule has 1 aromatic rings. The zero-order valence-electron chi connectivity index (χ0n) is 14.1. The van der Waals surface area contributed by atoms with Crippen LogP contribution in [0.25, 0.3) is 0 Å². The first kappa shape index (κ1) is 18.1. The van der Waals surface area contributed by atoms with E-state index in [9.17, 15) is 5.11 Å². The molecule has 0 saturated carbocycles. The zero-order valence-corrected chi connectivity index (χ0v) is 14.1. The van der Waals surface area contributed by atoms with Crippen LogP contribution in [0.5, 0.6) is 0 Å². The van der Waals surface area contributed by atoms with Crippen molar-refractivity contribution in [1.82, 2.24) is 0 Å². The molecule has 0 bridgehead atoms. The van der Waals surface area contributed by atoms with Crippen molar-refractivity contribution in [2.24, 2.45) is 5.92 Å². The van der Waals surface area contributed by atoms with Crippen LogP contribution in [0, 0.1) is 5.92 Å². The van der Waals surface area contributed by atoms with Crippen molar-refractivity contribution in [1.29, 1.82) is 0 Å². The third-order valence-corrected chi connectivity index (χ3v) is 3.26. The molecule has 0 aliphatic carbocycles. The van der Waals surface area contributed by atoms with Gasteiger partial charge in [-0.25, -0.2) is 0 Å². The van der Waals surface area contributed by atoms with Gasteiger partial charge in [-0.2, -0.15) is 0 Å². The Morgan fingerprint density at radius 2 is 1.48 bits per heavy atom. The van der Waals surface area contributed by atoms with E-state index in [2.05, 4.69) is 46.8 Å². The van der Waals surface area contributed by atoms with E-state index < -0.39 is 6.10 Å². The molecule has 0 amide bonds. The second-order valence-electron chi connectivity index (χ2n) is 6.93. The van der Waals surface area contributed by atoms with E-state index in [-0.39, 0.29) is 5.41 Å². The Balaban J connectivity index is 2.30. The lowest BCUT2D eigenvalue weighted by atomic mass is 9.86. The highest BCUT2D eigenvalue weighted by atomic mass is 16.5.